The van der Waals surface area contributed by atoms with E-state index in [2.05, 4.69) is 36.3 Å². The molecule has 3 rings (SSSR count). The van der Waals surface area contributed by atoms with Gasteiger partial charge in [0.15, 0.2) is 5.82 Å². The Morgan fingerprint density at radius 1 is 1.15 bits per heavy atom. The molecule has 4 nitrogen and oxygen atoms in total. The van der Waals surface area contributed by atoms with Gasteiger partial charge in [-0.1, -0.05) is 37.3 Å². The Morgan fingerprint density at radius 2 is 1.90 bits per heavy atom. The Morgan fingerprint density at radius 3 is 2.50 bits per heavy atom. The topological polar surface area (TPSA) is 56.7 Å². The van der Waals surface area contributed by atoms with Gasteiger partial charge in [0.05, 0.1) is 10.6 Å². The van der Waals surface area contributed by atoms with Crippen LogP contribution in [0.5, 0.6) is 0 Å². The number of aromatic nitrogens is 3. The van der Waals surface area contributed by atoms with Gasteiger partial charge in [-0.15, -0.1) is 16.4 Å². The van der Waals surface area contributed by atoms with E-state index in [1.807, 2.05) is 29.6 Å². The minimum absolute atomic E-state index is 0.513. The molecule has 0 saturated heterocycles. The number of hydrogen-bond acceptors (Lipinski definition) is 4. The third-order valence-electron chi connectivity index (χ3n) is 3.26. The second kappa shape index (κ2) is 5.09. The van der Waals surface area contributed by atoms with Crippen LogP contribution in [0.2, 0.25) is 0 Å². The summed E-state index contributed by atoms with van der Waals surface area (Å²) < 4.78 is 1.68. The minimum Gasteiger partial charge on any atom is -0.382 e. The zero-order valence-electron chi connectivity index (χ0n) is 11.4. The van der Waals surface area contributed by atoms with Crippen molar-refractivity contribution < 1.29 is 0 Å². The largest absolute Gasteiger partial charge is 0.382 e. The molecule has 0 fully saturated rings. The van der Waals surface area contributed by atoms with Crippen LogP contribution in [0.25, 0.3) is 16.3 Å². The van der Waals surface area contributed by atoms with Crippen molar-refractivity contribution in [2.75, 3.05) is 5.73 Å². The second-order valence-corrected chi connectivity index (χ2v) is 5.91. The Kier molecular flexibility index (Phi) is 3.28. The number of nitrogen functional groups attached to an aromatic ring is 1. The lowest BCUT2D eigenvalue weighted by atomic mass is 10.0. The van der Waals surface area contributed by atoms with Crippen molar-refractivity contribution in [1.82, 2.24) is 15.0 Å². The van der Waals surface area contributed by atoms with Crippen LogP contribution in [-0.2, 0) is 0 Å². The molecule has 3 aromatic rings. The van der Waals surface area contributed by atoms with Gasteiger partial charge in [-0.3, -0.25) is 0 Å². The zero-order chi connectivity index (χ0) is 14.1. The fourth-order valence-electron chi connectivity index (χ4n) is 2.07. The molecule has 2 aromatic heterocycles. The normalized spacial score (nSPS) is 11.2. The lowest BCUT2D eigenvalue weighted by molar-refractivity contribution is 0.807. The molecule has 0 unspecified atom stereocenters. The molecule has 0 bridgehead atoms. The number of anilines is 1. The van der Waals surface area contributed by atoms with E-state index in [9.17, 15) is 0 Å². The molecule has 1 aromatic carbocycles. The number of benzene rings is 1. The maximum absolute atomic E-state index is 6.17. The standard InChI is InChI=1S/C15H16N4S/c1-10(2)11-5-7-12(8-6-11)19-15(16)14(17-18-19)13-4-3-9-20-13/h3-10H,16H2,1-2H3. The van der Waals surface area contributed by atoms with Gasteiger partial charge in [0.2, 0.25) is 0 Å². The molecule has 0 atom stereocenters. The lowest BCUT2D eigenvalue weighted by Gasteiger charge is -2.07. The van der Waals surface area contributed by atoms with Crippen LogP contribution in [0.15, 0.2) is 41.8 Å². The summed E-state index contributed by atoms with van der Waals surface area (Å²) in [6.45, 7) is 4.35. The highest BCUT2D eigenvalue weighted by Gasteiger charge is 2.13. The third-order valence-corrected chi connectivity index (χ3v) is 4.14. The van der Waals surface area contributed by atoms with Crippen LogP contribution < -0.4 is 5.73 Å². The Bertz CT molecular complexity index is 696. The van der Waals surface area contributed by atoms with Crippen molar-refractivity contribution in [2.45, 2.75) is 19.8 Å². The molecule has 0 aliphatic heterocycles. The number of thiophene rings is 1. The monoisotopic (exact) mass is 284 g/mol. The fraction of sp³-hybridized carbons (Fsp3) is 0.200. The SMILES string of the molecule is CC(C)c1ccc(-n2nnc(-c3cccs3)c2N)cc1. The Balaban J connectivity index is 1.99. The quantitative estimate of drug-likeness (QED) is 0.797. The van der Waals surface area contributed by atoms with E-state index in [0.29, 0.717) is 11.7 Å². The summed E-state index contributed by atoms with van der Waals surface area (Å²) in [4.78, 5) is 1.03. The fourth-order valence-corrected chi connectivity index (χ4v) is 2.79. The predicted octanol–water partition coefficient (Wildman–Crippen LogP) is 3.70. The zero-order valence-corrected chi connectivity index (χ0v) is 12.3. The van der Waals surface area contributed by atoms with Gasteiger partial charge in [-0.2, -0.15) is 4.68 Å². The maximum Gasteiger partial charge on any atom is 0.156 e. The first kappa shape index (κ1) is 12.9. The molecular formula is C15H16N4S. The van der Waals surface area contributed by atoms with Gasteiger partial charge in [-0.25, -0.2) is 0 Å². The van der Waals surface area contributed by atoms with Crippen LogP contribution >= 0.6 is 11.3 Å². The van der Waals surface area contributed by atoms with Gasteiger partial charge >= 0.3 is 0 Å². The molecule has 0 aliphatic rings. The molecule has 102 valence electrons. The molecule has 20 heavy (non-hydrogen) atoms. The molecule has 2 N–H and O–H groups in total. The van der Waals surface area contributed by atoms with E-state index in [0.717, 1.165) is 16.3 Å². The summed E-state index contributed by atoms with van der Waals surface area (Å²) in [5.74, 6) is 1.09. The number of hydrogen-bond donors (Lipinski definition) is 1. The molecular weight excluding hydrogens is 268 g/mol. The second-order valence-electron chi connectivity index (χ2n) is 4.96. The highest BCUT2D eigenvalue weighted by Crippen LogP contribution is 2.29. The smallest absolute Gasteiger partial charge is 0.156 e. The summed E-state index contributed by atoms with van der Waals surface area (Å²) >= 11 is 1.61. The van der Waals surface area contributed by atoms with E-state index < -0.39 is 0 Å². The highest BCUT2D eigenvalue weighted by atomic mass is 32.1. The van der Waals surface area contributed by atoms with Gasteiger partial charge < -0.3 is 5.73 Å². The average molecular weight is 284 g/mol. The van der Waals surface area contributed by atoms with Gasteiger partial charge in [0, 0.05) is 0 Å². The summed E-state index contributed by atoms with van der Waals surface area (Å²) in [5.41, 5.74) is 9.14. The van der Waals surface area contributed by atoms with E-state index in [1.165, 1.54) is 5.56 Å². The van der Waals surface area contributed by atoms with E-state index in [4.69, 9.17) is 5.73 Å². The van der Waals surface area contributed by atoms with E-state index in [-0.39, 0.29) is 0 Å². The predicted molar refractivity (Wildman–Crippen MR) is 83.2 cm³/mol. The summed E-state index contributed by atoms with van der Waals surface area (Å²) in [6, 6.07) is 12.2. The van der Waals surface area contributed by atoms with Crippen LogP contribution in [0.4, 0.5) is 5.82 Å². The van der Waals surface area contributed by atoms with Crippen molar-refractivity contribution >= 4 is 17.2 Å². The number of rotatable bonds is 3. The molecule has 5 heteroatoms. The first-order chi connectivity index (χ1) is 9.66. The summed E-state index contributed by atoms with van der Waals surface area (Å²) in [6.07, 6.45) is 0. The molecule has 0 radical (unpaired) electrons. The van der Waals surface area contributed by atoms with Crippen molar-refractivity contribution in [3.63, 3.8) is 0 Å². The summed E-state index contributed by atoms with van der Waals surface area (Å²) in [5, 5.41) is 10.4. The Hall–Kier alpha value is -2.14. The van der Waals surface area contributed by atoms with Gasteiger partial charge in [0.25, 0.3) is 0 Å². The minimum atomic E-state index is 0.513. The van der Waals surface area contributed by atoms with Crippen LogP contribution in [0.1, 0.15) is 25.3 Å². The van der Waals surface area contributed by atoms with Gasteiger partial charge in [-0.05, 0) is 35.1 Å². The number of nitrogens with zero attached hydrogens (tertiary/aromatic N) is 3. The first-order valence-electron chi connectivity index (χ1n) is 6.52. The van der Waals surface area contributed by atoms with Crippen LogP contribution in [-0.4, -0.2) is 15.0 Å². The molecule has 0 amide bonds. The molecule has 2 heterocycles. The summed E-state index contributed by atoms with van der Waals surface area (Å²) in [7, 11) is 0. The lowest BCUT2D eigenvalue weighted by Crippen LogP contribution is -2.02. The maximum atomic E-state index is 6.17. The highest BCUT2D eigenvalue weighted by molar-refractivity contribution is 7.13. The molecule has 0 aliphatic carbocycles. The van der Waals surface area contributed by atoms with Gasteiger partial charge in [0.1, 0.15) is 5.69 Å². The van der Waals surface area contributed by atoms with E-state index >= 15 is 0 Å². The van der Waals surface area contributed by atoms with Crippen molar-refractivity contribution in [2.24, 2.45) is 0 Å². The third kappa shape index (κ3) is 2.20. The van der Waals surface area contributed by atoms with Crippen molar-refractivity contribution in [3.8, 4) is 16.3 Å². The van der Waals surface area contributed by atoms with Crippen LogP contribution in [0, 0.1) is 0 Å². The molecule has 0 spiro atoms. The first-order valence-corrected chi connectivity index (χ1v) is 7.40. The average Bonchev–Trinajstić information content (AvgIpc) is 3.08. The Labute approximate surface area is 121 Å². The van der Waals surface area contributed by atoms with Crippen LogP contribution in [0.3, 0.4) is 0 Å². The van der Waals surface area contributed by atoms with Crippen molar-refractivity contribution in [3.05, 3.63) is 47.3 Å². The number of nitrogens with two attached hydrogens (primary N) is 1. The van der Waals surface area contributed by atoms with Crippen molar-refractivity contribution in [1.29, 1.82) is 0 Å². The molecule has 0 saturated carbocycles. The van der Waals surface area contributed by atoms with E-state index in [1.54, 1.807) is 16.0 Å².